The zero-order valence-electron chi connectivity index (χ0n) is 12.7. The lowest BCUT2D eigenvalue weighted by atomic mass is 10.1. The van der Waals surface area contributed by atoms with Crippen LogP contribution < -0.4 is 10.1 Å². The lowest BCUT2D eigenvalue weighted by Crippen LogP contribution is -2.23. The maximum Gasteiger partial charge on any atom is 0.119 e. The monoisotopic (exact) mass is 277 g/mol. The van der Waals surface area contributed by atoms with Crippen molar-refractivity contribution < 1.29 is 9.47 Å². The van der Waals surface area contributed by atoms with E-state index in [0.29, 0.717) is 12.1 Å². The Morgan fingerprint density at radius 2 is 2.15 bits per heavy atom. The standard InChI is InChI=1S/C17H27NO2/c1-3-12-19-17-8-6-15(7-9-17)14(2)18-11-10-16-5-4-13-20-16/h6-9,14,16,18H,3-5,10-13H2,1-2H3. The van der Waals surface area contributed by atoms with Gasteiger partial charge in [-0.05, 0) is 56.8 Å². The predicted molar refractivity (Wildman–Crippen MR) is 82.2 cm³/mol. The average molecular weight is 277 g/mol. The molecule has 1 fully saturated rings. The molecule has 0 amide bonds. The zero-order chi connectivity index (χ0) is 14.2. The van der Waals surface area contributed by atoms with E-state index in [1.807, 2.05) is 0 Å². The summed E-state index contributed by atoms with van der Waals surface area (Å²) in [6.45, 7) is 7.07. The Labute approximate surface area is 122 Å². The van der Waals surface area contributed by atoms with Gasteiger partial charge in [0.2, 0.25) is 0 Å². The maximum atomic E-state index is 5.64. The number of ether oxygens (including phenoxy) is 2. The topological polar surface area (TPSA) is 30.5 Å². The smallest absolute Gasteiger partial charge is 0.119 e. The van der Waals surface area contributed by atoms with Crippen LogP contribution in [0.4, 0.5) is 0 Å². The SMILES string of the molecule is CCCOc1ccc(C(C)NCCC2CCCO2)cc1. The fourth-order valence-electron chi connectivity index (χ4n) is 2.52. The molecule has 20 heavy (non-hydrogen) atoms. The van der Waals surface area contributed by atoms with Crippen molar-refractivity contribution in [3.63, 3.8) is 0 Å². The average Bonchev–Trinajstić information content (AvgIpc) is 2.99. The first kappa shape index (κ1) is 15.3. The number of hydrogen-bond acceptors (Lipinski definition) is 3. The summed E-state index contributed by atoms with van der Waals surface area (Å²) in [5.41, 5.74) is 1.31. The Balaban J connectivity index is 1.72. The molecule has 1 N–H and O–H groups in total. The summed E-state index contributed by atoms with van der Waals surface area (Å²) in [5.74, 6) is 0.960. The van der Waals surface area contributed by atoms with E-state index in [1.165, 1.54) is 18.4 Å². The van der Waals surface area contributed by atoms with Crippen LogP contribution in [0.5, 0.6) is 5.75 Å². The number of nitrogens with one attached hydrogen (secondary N) is 1. The first-order valence-electron chi connectivity index (χ1n) is 7.87. The van der Waals surface area contributed by atoms with E-state index >= 15 is 0 Å². The second-order valence-electron chi connectivity index (χ2n) is 5.52. The summed E-state index contributed by atoms with van der Waals surface area (Å²) in [6, 6.07) is 8.78. The van der Waals surface area contributed by atoms with E-state index < -0.39 is 0 Å². The molecule has 0 aromatic heterocycles. The van der Waals surface area contributed by atoms with E-state index in [4.69, 9.17) is 9.47 Å². The van der Waals surface area contributed by atoms with Crippen LogP contribution in [0.15, 0.2) is 24.3 Å². The van der Waals surface area contributed by atoms with Crippen molar-refractivity contribution in [3.8, 4) is 5.75 Å². The molecule has 0 aliphatic carbocycles. The van der Waals surface area contributed by atoms with Crippen molar-refractivity contribution in [3.05, 3.63) is 29.8 Å². The Morgan fingerprint density at radius 3 is 2.80 bits per heavy atom. The quantitative estimate of drug-likeness (QED) is 0.786. The molecule has 0 bridgehead atoms. The third kappa shape index (κ3) is 4.80. The second kappa shape index (κ2) is 8.28. The molecule has 0 radical (unpaired) electrons. The van der Waals surface area contributed by atoms with Crippen LogP contribution in [-0.2, 0) is 4.74 Å². The molecule has 1 heterocycles. The molecule has 2 rings (SSSR count). The van der Waals surface area contributed by atoms with Crippen molar-refractivity contribution in [2.45, 2.75) is 51.7 Å². The van der Waals surface area contributed by atoms with Crippen LogP contribution in [0.3, 0.4) is 0 Å². The lowest BCUT2D eigenvalue weighted by molar-refractivity contribution is 0.103. The van der Waals surface area contributed by atoms with Crippen molar-refractivity contribution in [2.24, 2.45) is 0 Å². The molecule has 112 valence electrons. The fourth-order valence-corrected chi connectivity index (χ4v) is 2.52. The van der Waals surface area contributed by atoms with Gasteiger partial charge in [0.05, 0.1) is 12.7 Å². The predicted octanol–water partition coefficient (Wildman–Crippen LogP) is 3.70. The molecule has 0 saturated carbocycles. The highest BCUT2D eigenvalue weighted by atomic mass is 16.5. The molecule has 1 saturated heterocycles. The minimum Gasteiger partial charge on any atom is -0.494 e. The van der Waals surface area contributed by atoms with Gasteiger partial charge in [-0.2, -0.15) is 0 Å². The summed E-state index contributed by atoms with van der Waals surface area (Å²) < 4.78 is 11.2. The Morgan fingerprint density at radius 1 is 1.35 bits per heavy atom. The number of benzene rings is 1. The highest BCUT2D eigenvalue weighted by Gasteiger charge is 2.15. The molecule has 3 nitrogen and oxygen atoms in total. The molecule has 3 heteroatoms. The van der Waals surface area contributed by atoms with Crippen LogP contribution in [0.1, 0.15) is 51.1 Å². The van der Waals surface area contributed by atoms with Gasteiger partial charge in [0.1, 0.15) is 5.75 Å². The molecular weight excluding hydrogens is 250 g/mol. The minimum atomic E-state index is 0.372. The maximum absolute atomic E-state index is 5.64. The van der Waals surface area contributed by atoms with Gasteiger partial charge in [-0.15, -0.1) is 0 Å². The molecule has 1 aromatic carbocycles. The van der Waals surface area contributed by atoms with Gasteiger partial charge in [0.15, 0.2) is 0 Å². The Kier molecular flexibility index (Phi) is 6.34. The third-order valence-electron chi connectivity index (χ3n) is 3.79. The van der Waals surface area contributed by atoms with Gasteiger partial charge < -0.3 is 14.8 Å². The third-order valence-corrected chi connectivity index (χ3v) is 3.79. The molecule has 0 spiro atoms. The molecule has 1 aliphatic rings. The van der Waals surface area contributed by atoms with Crippen LogP contribution >= 0.6 is 0 Å². The summed E-state index contributed by atoms with van der Waals surface area (Å²) >= 11 is 0. The normalized spacial score (nSPS) is 20.0. The molecule has 2 atom stereocenters. The van der Waals surface area contributed by atoms with E-state index in [0.717, 1.165) is 38.3 Å². The van der Waals surface area contributed by atoms with Gasteiger partial charge in [-0.25, -0.2) is 0 Å². The summed E-state index contributed by atoms with van der Waals surface area (Å²) in [5, 5.41) is 3.57. The number of hydrogen-bond donors (Lipinski definition) is 1. The zero-order valence-corrected chi connectivity index (χ0v) is 12.7. The molecule has 1 aliphatic heterocycles. The highest BCUT2D eigenvalue weighted by Crippen LogP contribution is 2.19. The highest BCUT2D eigenvalue weighted by molar-refractivity contribution is 5.28. The first-order valence-corrected chi connectivity index (χ1v) is 7.87. The summed E-state index contributed by atoms with van der Waals surface area (Å²) in [4.78, 5) is 0. The van der Waals surface area contributed by atoms with Crippen molar-refractivity contribution >= 4 is 0 Å². The molecular formula is C17H27NO2. The van der Waals surface area contributed by atoms with Gasteiger partial charge in [0.25, 0.3) is 0 Å². The van der Waals surface area contributed by atoms with Crippen molar-refractivity contribution in [2.75, 3.05) is 19.8 Å². The van der Waals surface area contributed by atoms with Crippen molar-refractivity contribution in [1.82, 2.24) is 5.32 Å². The van der Waals surface area contributed by atoms with Gasteiger partial charge in [0, 0.05) is 12.6 Å². The lowest BCUT2D eigenvalue weighted by Gasteiger charge is -2.16. The van der Waals surface area contributed by atoms with Crippen molar-refractivity contribution in [1.29, 1.82) is 0 Å². The Hall–Kier alpha value is -1.06. The van der Waals surface area contributed by atoms with E-state index in [1.54, 1.807) is 0 Å². The molecule has 2 unspecified atom stereocenters. The second-order valence-corrected chi connectivity index (χ2v) is 5.52. The first-order chi connectivity index (χ1) is 9.79. The summed E-state index contributed by atoms with van der Waals surface area (Å²) in [7, 11) is 0. The van der Waals surface area contributed by atoms with E-state index in [2.05, 4.69) is 43.4 Å². The fraction of sp³-hybridized carbons (Fsp3) is 0.647. The van der Waals surface area contributed by atoms with Crippen LogP contribution in [0.2, 0.25) is 0 Å². The van der Waals surface area contributed by atoms with Crippen LogP contribution in [-0.4, -0.2) is 25.9 Å². The van der Waals surface area contributed by atoms with Gasteiger partial charge in [-0.3, -0.25) is 0 Å². The van der Waals surface area contributed by atoms with Crippen LogP contribution in [0, 0.1) is 0 Å². The van der Waals surface area contributed by atoms with E-state index in [9.17, 15) is 0 Å². The van der Waals surface area contributed by atoms with Gasteiger partial charge >= 0.3 is 0 Å². The minimum absolute atomic E-state index is 0.372. The number of rotatable bonds is 8. The van der Waals surface area contributed by atoms with E-state index in [-0.39, 0.29) is 0 Å². The summed E-state index contributed by atoms with van der Waals surface area (Å²) in [6.07, 6.45) is 5.07. The molecule has 1 aromatic rings. The van der Waals surface area contributed by atoms with Crippen LogP contribution in [0.25, 0.3) is 0 Å². The van der Waals surface area contributed by atoms with Gasteiger partial charge in [-0.1, -0.05) is 19.1 Å². The Bertz CT molecular complexity index is 371. The largest absolute Gasteiger partial charge is 0.494 e.